The first-order valence-corrected chi connectivity index (χ1v) is 9.97. The fourth-order valence-corrected chi connectivity index (χ4v) is 3.50. The lowest BCUT2D eigenvalue weighted by Crippen LogP contribution is -2.49. The molecular formula is C22H24F2N4O3. The standard InChI is InChI=1S/C22H24F2N4O3/c1-25-21(30)19(14-9-10-17(23)18(24)12-14)27-20(29)15-6-5-11-28(13-15)22(31)26-16-7-3-2-4-8-16/h2-4,7-10,12,15,19H,5-6,11,13H2,1H3,(H,25,30)(H,26,31)(H,27,29). The smallest absolute Gasteiger partial charge is 0.321 e. The largest absolute Gasteiger partial charge is 0.357 e. The van der Waals surface area contributed by atoms with Crippen molar-refractivity contribution in [3.05, 3.63) is 65.7 Å². The molecule has 1 heterocycles. The van der Waals surface area contributed by atoms with E-state index < -0.39 is 35.4 Å². The van der Waals surface area contributed by atoms with Crippen LogP contribution in [-0.2, 0) is 9.59 Å². The first-order chi connectivity index (χ1) is 14.9. The molecular weight excluding hydrogens is 406 g/mol. The number of hydrogen-bond acceptors (Lipinski definition) is 3. The van der Waals surface area contributed by atoms with Crippen LogP contribution in [0, 0.1) is 17.6 Å². The van der Waals surface area contributed by atoms with Gasteiger partial charge in [-0.25, -0.2) is 13.6 Å². The molecule has 2 atom stereocenters. The number of hydrogen-bond donors (Lipinski definition) is 3. The maximum atomic E-state index is 13.6. The van der Waals surface area contributed by atoms with E-state index in [1.807, 2.05) is 6.07 Å². The second kappa shape index (κ2) is 10.0. The molecule has 2 aromatic carbocycles. The molecule has 1 aliphatic heterocycles. The molecule has 0 aromatic heterocycles. The Kier molecular flexibility index (Phi) is 7.17. The second-order valence-electron chi connectivity index (χ2n) is 7.31. The number of carbonyl (C=O) groups excluding carboxylic acids is 3. The number of likely N-dealkylation sites (tertiary alicyclic amines) is 1. The number of halogens is 2. The van der Waals surface area contributed by atoms with E-state index in [4.69, 9.17) is 0 Å². The number of urea groups is 1. The third kappa shape index (κ3) is 5.56. The highest BCUT2D eigenvalue weighted by Crippen LogP contribution is 2.21. The van der Waals surface area contributed by atoms with Crippen molar-refractivity contribution in [2.45, 2.75) is 18.9 Å². The third-order valence-corrected chi connectivity index (χ3v) is 5.18. The van der Waals surface area contributed by atoms with Crippen LogP contribution in [0.1, 0.15) is 24.4 Å². The minimum Gasteiger partial charge on any atom is -0.357 e. The van der Waals surface area contributed by atoms with Gasteiger partial charge in [0.05, 0.1) is 5.92 Å². The molecule has 3 rings (SSSR count). The van der Waals surface area contributed by atoms with Crippen molar-refractivity contribution in [3.63, 3.8) is 0 Å². The minimum absolute atomic E-state index is 0.126. The Hall–Kier alpha value is -3.49. The highest BCUT2D eigenvalue weighted by molar-refractivity contribution is 5.91. The summed E-state index contributed by atoms with van der Waals surface area (Å²) in [5.74, 6) is -3.68. The number of anilines is 1. The van der Waals surface area contributed by atoms with E-state index >= 15 is 0 Å². The van der Waals surface area contributed by atoms with E-state index in [-0.39, 0.29) is 18.1 Å². The molecule has 3 N–H and O–H groups in total. The zero-order valence-electron chi connectivity index (χ0n) is 17.0. The normalized spacial score (nSPS) is 16.9. The van der Waals surface area contributed by atoms with E-state index in [9.17, 15) is 23.2 Å². The lowest BCUT2D eigenvalue weighted by atomic mass is 9.96. The van der Waals surface area contributed by atoms with Gasteiger partial charge in [-0.1, -0.05) is 24.3 Å². The average Bonchev–Trinajstić information content (AvgIpc) is 2.79. The van der Waals surface area contributed by atoms with Crippen LogP contribution in [0.5, 0.6) is 0 Å². The predicted octanol–water partition coefficient (Wildman–Crippen LogP) is 2.81. The molecule has 9 heteroatoms. The van der Waals surface area contributed by atoms with Crippen LogP contribution in [0.25, 0.3) is 0 Å². The molecule has 1 aliphatic rings. The van der Waals surface area contributed by atoms with Gasteiger partial charge in [0.25, 0.3) is 0 Å². The number of likely N-dealkylation sites (N-methyl/N-ethyl adjacent to an activating group) is 1. The molecule has 7 nitrogen and oxygen atoms in total. The van der Waals surface area contributed by atoms with Crippen LogP contribution in [0.3, 0.4) is 0 Å². The van der Waals surface area contributed by atoms with Gasteiger partial charge in [0, 0.05) is 25.8 Å². The summed E-state index contributed by atoms with van der Waals surface area (Å²) in [6.07, 6.45) is 1.16. The van der Waals surface area contributed by atoms with Crippen LogP contribution >= 0.6 is 0 Å². The van der Waals surface area contributed by atoms with Gasteiger partial charge in [-0.15, -0.1) is 0 Å². The Balaban J connectivity index is 1.67. The van der Waals surface area contributed by atoms with E-state index in [2.05, 4.69) is 16.0 Å². The molecule has 0 saturated carbocycles. The quantitative estimate of drug-likeness (QED) is 0.681. The molecule has 31 heavy (non-hydrogen) atoms. The van der Waals surface area contributed by atoms with E-state index in [1.165, 1.54) is 13.1 Å². The van der Waals surface area contributed by atoms with Gasteiger partial charge in [0.2, 0.25) is 11.8 Å². The van der Waals surface area contributed by atoms with Crippen molar-refractivity contribution in [2.75, 3.05) is 25.5 Å². The summed E-state index contributed by atoms with van der Waals surface area (Å²) in [5, 5.41) is 7.82. The number of amides is 4. The fourth-order valence-electron chi connectivity index (χ4n) is 3.50. The van der Waals surface area contributed by atoms with Gasteiger partial charge in [-0.3, -0.25) is 9.59 Å². The van der Waals surface area contributed by atoms with Crippen LogP contribution in [0.2, 0.25) is 0 Å². The molecule has 0 aliphatic carbocycles. The summed E-state index contributed by atoms with van der Waals surface area (Å²) in [7, 11) is 1.39. The Morgan fingerprint density at radius 3 is 2.48 bits per heavy atom. The molecule has 4 amide bonds. The molecule has 2 unspecified atom stereocenters. The van der Waals surface area contributed by atoms with Crippen molar-refractivity contribution in [2.24, 2.45) is 5.92 Å². The summed E-state index contributed by atoms with van der Waals surface area (Å²) in [5.41, 5.74) is 0.776. The van der Waals surface area contributed by atoms with Crippen molar-refractivity contribution in [3.8, 4) is 0 Å². The Morgan fingerprint density at radius 2 is 1.81 bits per heavy atom. The molecule has 0 radical (unpaired) electrons. The Morgan fingerprint density at radius 1 is 1.06 bits per heavy atom. The number of nitrogens with zero attached hydrogens (tertiary/aromatic N) is 1. The Bertz CT molecular complexity index is 955. The molecule has 0 spiro atoms. The van der Waals surface area contributed by atoms with Crippen molar-refractivity contribution >= 4 is 23.5 Å². The zero-order valence-corrected chi connectivity index (χ0v) is 17.0. The monoisotopic (exact) mass is 430 g/mol. The summed E-state index contributed by atoms with van der Waals surface area (Å²) in [6.45, 7) is 0.688. The van der Waals surface area contributed by atoms with E-state index in [1.54, 1.807) is 29.2 Å². The number of benzene rings is 2. The SMILES string of the molecule is CNC(=O)C(NC(=O)C1CCCN(C(=O)Nc2ccccc2)C1)c1ccc(F)c(F)c1. The fraction of sp³-hybridized carbons (Fsp3) is 0.318. The van der Waals surface area contributed by atoms with Crippen LogP contribution in [-0.4, -0.2) is 42.9 Å². The van der Waals surface area contributed by atoms with Gasteiger partial charge in [-0.2, -0.15) is 0 Å². The van der Waals surface area contributed by atoms with Crippen molar-refractivity contribution in [1.82, 2.24) is 15.5 Å². The number of piperidine rings is 1. The summed E-state index contributed by atoms with van der Waals surface area (Å²) >= 11 is 0. The topological polar surface area (TPSA) is 90.5 Å². The average molecular weight is 430 g/mol. The zero-order chi connectivity index (χ0) is 22.4. The predicted molar refractivity (Wildman–Crippen MR) is 111 cm³/mol. The van der Waals surface area contributed by atoms with Gasteiger partial charge >= 0.3 is 6.03 Å². The first kappa shape index (κ1) is 22.2. The molecule has 0 bridgehead atoms. The van der Waals surface area contributed by atoms with E-state index in [0.29, 0.717) is 25.1 Å². The molecule has 2 aromatic rings. The number of rotatable bonds is 5. The van der Waals surface area contributed by atoms with Gasteiger partial charge in [-0.05, 0) is 42.7 Å². The van der Waals surface area contributed by atoms with Gasteiger partial charge in [0.1, 0.15) is 6.04 Å². The summed E-state index contributed by atoms with van der Waals surface area (Å²) < 4.78 is 26.9. The molecule has 164 valence electrons. The van der Waals surface area contributed by atoms with Gasteiger partial charge < -0.3 is 20.9 Å². The molecule has 1 fully saturated rings. The van der Waals surface area contributed by atoms with Crippen molar-refractivity contribution in [1.29, 1.82) is 0 Å². The van der Waals surface area contributed by atoms with Crippen molar-refractivity contribution < 1.29 is 23.2 Å². The number of nitrogens with one attached hydrogen (secondary N) is 3. The third-order valence-electron chi connectivity index (χ3n) is 5.18. The van der Waals surface area contributed by atoms with Crippen LogP contribution < -0.4 is 16.0 Å². The molecule has 1 saturated heterocycles. The minimum atomic E-state index is -1.18. The maximum Gasteiger partial charge on any atom is 0.321 e. The summed E-state index contributed by atoms with van der Waals surface area (Å²) in [4.78, 5) is 39.2. The lowest BCUT2D eigenvalue weighted by Gasteiger charge is -2.32. The van der Waals surface area contributed by atoms with Crippen LogP contribution in [0.4, 0.5) is 19.3 Å². The van der Waals surface area contributed by atoms with Gasteiger partial charge in [0.15, 0.2) is 11.6 Å². The first-order valence-electron chi connectivity index (χ1n) is 9.97. The second-order valence-corrected chi connectivity index (χ2v) is 7.31. The Labute approximate surface area is 178 Å². The number of carbonyl (C=O) groups is 3. The summed E-state index contributed by atoms with van der Waals surface area (Å²) in [6, 6.07) is 10.5. The lowest BCUT2D eigenvalue weighted by molar-refractivity contribution is -0.132. The number of para-hydroxylation sites is 1. The highest BCUT2D eigenvalue weighted by atomic mass is 19.2. The highest BCUT2D eigenvalue weighted by Gasteiger charge is 2.31. The van der Waals surface area contributed by atoms with E-state index in [0.717, 1.165) is 12.1 Å². The maximum absolute atomic E-state index is 13.6. The van der Waals surface area contributed by atoms with Crippen LogP contribution in [0.15, 0.2) is 48.5 Å².